The average molecular weight is 448 g/mol. The normalized spacial score (nSPS) is 19.3. The topological polar surface area (TPSA) is 88.1 Å². The number of carbonyl (C=O) groups excluding carboxylic acids is 2. The number of nitrogens with zero attached hydrogens (tertiary/aromatic N) is 1. The lowest BCUT2D eigenvalue weighted by atomic mass is 9.92. The molecule has 0 spiro atoms. The smallest absolute Gasteiger partial charge is 0.387 e. The van der Waals surface area contributed by atoms with Gasteiger partial charge in [0.05, 0.1) is 6.54 Å². The number of aliphatic hydroxyl groups is 1. The van der Waals surface area contributed by atoms with E-state index in [1.54, 1.807) is 0 Å². The molecule has 2 aromatic carbocycles. The molecule has 7 nitrogen and oxygen atoms in total. The number of rotatable bonds is 8. The molecule has 1 fully saturated rings. The van der Waals surface area contributed by atoms with Crippen molar-refractivity contribution in [2.24, 2.45) is 0 Å². The van der Waals surface area contributed by atoms with Gasteiger partial charge in [0.25, 0.3) is 5.91 Å². The zero-order valence-corrected chi connectivity index (χ0v) is 18.3. The third-order valence-electron chi connectivity index (χ3n) is 5.62. The number of hydrogen-bond acceptors (Lipinski definition) is 5. The van der Waals surface area contributed by atoms with Gasteiger partial charge in [0.1, 0.15) is 29.7 Å². The standard InChI is InChI=1S/C23H26F2N2O5/c1-13-5-6-14(2)19(15(13)3)31-12-17(28)11-27-20(29)23(4,26-22(27)30)16-7-9-18(10-8-16)32-21(24)25/h5-10,17,21,28H,11-12H2,1-4H3,(H,26,30). The van der Waals surface area contributed by atoms with E-state index in [0.29, 0.717) is 11.3 Å². The van der Waals surface area contributed by atoms with Gasteiger partial charge >= 0.3 is 12.6 Å². The predicted octanol–water partition coefficient (Wildman–Crippen LogP) is 3.42. The van der Waals surface area contributed by atoms with Crippen molar-refractivity contribution in [3.8, 4) is 11.5 Å². The van der Waals surface area contributed by atoms with Crippen LogP contribution in [0.3, 0.4) is 0 Å². The van der Waals surface area contributed by atoms with Crippen molar-refractivity contribution >= 4 is 11.9 Å². The first-order valence-electron chi connectivity index (χ1n) is 10.1. The van der Waals surface area contributed by atoms with E-state index in [9.17, 15) is 23.5 Å². The summed E-state index contributed by atoms with van der Waals surface area (Å²) in [4.78, 5) is 26.4. The van der Waals surface area contributed by atoms with Gasteiger partial charge in [-0.2, -0.15) is 8.78 Å². The van der Waals surface area contributed by atoms with Crippen LogP contribution in [0.15, 0.2) is 36.4 Å². The van der Waals surface area contributed by atoms with Gasteiger partial charge < -0.3 is 19.9 Å². The molecule has 1 saturated heterocycles. The first-order valence-corrected chi connectivity index (χ1v) is 10.1. The van der Waals surface area contributed by atoms with Gasteiger partial charge in [-0.15, -0.1) is 0 Å². The van der Waals surface area contributed by atoms with Crippen LogP contribution in [0, 0.1) is 20.8 Å². The summed E-state index contributed by atoms with van der Waals surface area (Å²) in [7, 11) is 0. The number of benzene rings is 2. The molecule has 2 unspecified atom stereocenters. The average Bonchev–Trinajstić information content (AvgIpc) is 2.95. The monoisotopic (exact) mass is 448 g/mol. The molecule has 0 radical (unpaired) electrons. The maximum Gasteiger partial charge on any atom is 0.387 e. The molecule has 9 heteroatoms. The first-order chi connectivity index (χ1) is 15.0. The quantitative estimate of drug-likeness (QED) is 0.605. The van der Waals surface area contributed by atoms with Crippen LogP contribution >= 0.6 is 0 Å². The molecule has 0 aromatic heterocycles. The van der Waals surface area contributed by atoms with Crippen molar-refractivity contribution in [1.29, 1.82) is 0 Å². The zero-order valence-electron chi connectivity index (χ0n) is 18.3. The highest BCUT2D eigenvalue weighted by Gasteiger charge is 2.49. The minimum atomic E-state index is -2.96. The Morgan fingerprint density at radius 2 is 1.69 bits per heavy atom. The van der Waals surface area contributed by atoms with E-state index < -0.39 is 30.2 Å². The zero-order chi connectivity index (χ0) is 23.6. The van der Waals surface area contributed by atoms with Crippen LogP contribution in [-0.2, 0) is 10.3 Å². The predicted molar refractivity (Wildman–Crippen MR) is 113 cm³/mol. The largest absolute Gasteiger partial charge is 0.490 e. The van der Waals surface area contributed by atoms with E-state index in [-0.39, 0.29) is 18.9 Å². The molecule has 3 amide bonds. The van der Waals surface area contributed by atoms with E-state index >= 15 is 0 Å². The Morgan fingerprint density at radius 1 is 1.06 bits per heavy atom. The molecule has 0 aliphatic carbocycles. The highest BCUT2D eigenvalue weighted by Crippen LogP contribution is 2.31. The Balaban J connectivity index is 1.67. The Hall–Kier alpha value is -3.20. The second kappa shape index (κ2) is 9.12. The van der Waals surface area contributed by atoms with Crippen LogP contribution in [0.4, 0.5) is 13.6 Å². The Labute approximate surface area is 184 Å². The van der Waals surface area contributed by atoms with Gasteiger partial charge in [0, 0.05) is 0 Å². The molecule has 172 valence electrons. The first kappa shape index (κ1) is 23.5. The Kier molecular flexibility index (Phi) is 6.68. The fraction of sp³-hybridized carbons (Fsp3) is 0.391. The summed E-state index contributed by atoms with van der Waals surface area (Å²) in [6, 6.07) is 8.70. The maximum absolute atomic E-state index is 13.0. The number of β-amino-alcohol motifs (C(OH)–C–C–N with tert-alkyl or cyclic N) is 1. The van der Waals surface area contributed by atoms with Gasteiger partial charge in [-0.05, 0) is 62.1 Å². The molecule has 2 N–H and O–H groups in total. The van der Waals surface area contributed by atoms with Gasteiger partial charge in [0.2, 0.25) is 0 Å². The van der Waals surface area contributed by atoms with Crippen LogP contribution in [0.2, 0.25) is 0 Å². The number of carbonyl (C=O) groups is 2. The maximum atomic E-state index is 13.0. The number of alkyl halides is 2. The molecule has 32 heavy (non-hydrogen) atoms. The molecule has 0 saturated carbocycles. The lowest BCUT2D eigenvalue weighted by Crippen LogP contribution is -2.42. The van der Waals surface area contributed by atoms with Gasteiger partial charge in [-0.3, -0.25) is 9.69 Å². The number of hydrogen-bond donors (Lipinski definition) is 2. The summed E-state index contributed by atoms with van der Waals surface area (Å²) >= 11 is 0. The van der Waals surface area contributed by atoms with Crippen molar-refractivity contribution in [2.75, 3.05) is 13.2 Å². The molecule has 0 bridgehead atoms. The molecule has 2 atom stereocenters. The molecule has 2 aromatic rings. The van der Waals surface area contributed by atoms with Crippen LogP contribution in [-0.4, -0.2) is 47.8 Å². The van der Waals surface area contributed by atoms with E-state index in [2.05, 4.69) is 10.1 Å². The third kappa shape index (κ3) is 4.67. The summed E-state index contributed by atoms with van der Waals surface area (Å²) in [6.07, 6.45) is -1.10. The minimum absolute atomic E-state index is 0.0599. The van der Waals surface area contributed by atoms with Crippen molar-refractivity contribution in [3.05, 3.63) is 58.7 Å². The van der Waals surface area contributed by atoms with E-state index in [1.807, 2.05) is 32.9 Å². The summed E-state index contributed by atoms with van der Waals surface area (Å²) in [6.45, 7) is 3.97. The molecule has 1 heterocycles. The van der Waals surface area contributed by atoms with Crippen molar-refractivity contribution < 1.29 is 33.0 Å². The number of aliphatic hydroxyl groups excluding tert-OH is 1. The summed E-state index contributed by atoms with van der Waals surface area (Å²) in [5, 5.41) is 13.0. The van der Waals surface area contributed by atoms with Crippen molar-refractivity contribution in [3.63, 3.8) is 0 Å². The summed E-state index contributed by atoms with van der Waals surface area (Å²) in [5.41, 5.74) is 1.93. The van der Waals surface area contributed by atoms with Crippen LogP contribution in [0.25, 0.3) is 0 Å². The summed E-state index contributed by atoms with van der Waals surface area (Å²) < 4.78 is 34.8. The van der Waals surface area contributed by atoms with Crippen molar-refractivity contribution in [2.45, 2.75) is 45.9 Å². The SMILES string of the molecule is Cc1ccc(C)c(OCC(O)CN2C(=O)NC(C)(c3ccc(OC(F)F)cc3)C2=O)c1C. The van der Waals surface area contributed by atoms with Crippen LogP contribution in [0.5, 0.6) is 11.5 Å². The number of halogens is 2. The lowest BCUT2D eigenvalue weighted by Gasteiger charge is -2.23. The fourth-order valence-electron chi connectivity index (χ4n) is 3.62. The third-order valence-corrected chi connectivity index (χ3v) is 5.62. The number of urea groups is 1. The van der Waals surface area contributed by atoms with Gasteiger partial charge in [-0.1, -0.05) is 24.3 Å². The van der Waals surface area contributed by atoms with E-state index in [4.69, 9.17) is 4.74 Å². The number of ether oxygens (including phenoxy) is 2. The summed E-state index contributed by atoms with van der Waals surface area (Å²) in [5.74, 6) is 0.0412. The van der Waals surface area contributed by atoms with E-state index in [1.165, 1.54) is 31.2 Å². The minimum Gasteiger partial charge on any atom is -0.490 e. The van der Waals surface area contributed by atoms with Crippen LogP contribution in [0.1, 0.15) is 29.2 Å². The molecular formula is C23H26F2N2O5. The van der Waals surface area contributed by atoms with E-state index in [0.717, 1.165) is 21.6 Å². The van der Waals surface area contributed by atoms with Gasteiger partial charge in [-0.25, -0.2) is 4.79 Å². The molecule has 1 aliphatic heterocycles. The van der Waals surface area contributed by atoms with Crippen LogP contribution < -0.4 is 14.8 Å². The number of amides is 3. The Morgan fingerprint density at radius 3 is 2.31 bits per heavy atom. The number of aryl methyl sites for hydroxylation is 2. The highest BCUT2D eigenvalue weighted by molar-refractivity contribution is 6.07. The second-order valence-electron chi connectivity index (χ2n) is 7.99. The van der Waals surface area contributed by atoms with Crippen molar-refractivity contribution in [1.82, 2.24) is 10.2 Å². The second-order valence-corrected chi connectivity index (χ2v) is 7.99. The highest BCUT2D eigenvalue weighted by atomic mass is 19.3. The molecule has 3 rings (SSSR count). The number of imide groups is 1. The van der Waals surface area contributed by atoms with Gasteiger partial charge in [0.15, 0.2) is 0 Å². The number of nitrogens with one attached hydrogen (secondary N) is 1. The lowest BCUT2D eigenvalue weighted by molar-refractivity contribution is -0.132. The Bertz CT molecular complexity index is 1010. The molecular weight excluding hydrogens is 422 g/mol. The molecule has 1 aliphatic rings. The fourth-order valence-corrected chi connectivity index (χ4v) is 3.62.